The maximum absolute atomic E-state index is 12.3. The van der Waals surface area contributed by atoms with Gasteiger partial charge in [0, 0.05) is 25.1 Å². The van der Waals surface area contributed by atoms with Gasteiger partial charge in [-0.05, 0) is 38.2 Å². The molecule has 1 saturated heterocycles. The van der Waals surface area contributed by atoms with E-state index >= 15 is 0 Å². The number of aliphatic carboxylic acids is 1. The Morgan fingerprint density at radius 3 is 2.75 bits per heavy atom. The number of benzene rings is 1. The number of amides is 2. The minimum Gasteiger partial charge on any atom is -0.481 e. The molecule has 3 N–H and O–H groups in total. The number of urea groups is 1. The van der Waals surface area contributed by atoms with Crippen LogP contribution in [0.3, 0.4) is 0 Å². The summed E-state index contributed by atoms with van der Waals surface area (Å²) in [6.07, 6.45) is 2.80. The number of hydrogen-bond acceptors (Lipinski definition) is 3. The summed E-state index contributed by atoms with van der Waals surface area (Å²) in [7, 11) is 0. The monoisotopic (exact) mass is 334 g/mol. The molecule has 1 aliphatic heterocycles. The van der Waals surface area contributed by atoms with Gasteiger partial charge in [0.1, 0.15) is 0 Å². The molecule has 0 radical (unpaired) electrons. The Kier molecular flexibility index (Phi) is 7.06. The molecule has 6 heteroatoms. The highest BCUT2D eigenvalue weighted by Gasteiger charge is 2.22. The maximum atomic E-state index is 12.3. The van der Waals surface area contributed by atoms with E-state index in [1.54, 1.807) is 0 Å². The summed E-state index contributed by atoms with van der Waals surface area (Å²) in [6.45, 7) is 2.65. The van der Waals surface area contributed by atoms with Crippen LogP contribution < -0.4 is 10.6 Å². The molecule has 2 amide bonds. The van der Waals surface area contributed by atoms with Crippen LogP contribution >= 0.6 is 0 Å². The van der Waals surface area contributed by atoms with Crippen LogP contribution in [0.15, 0.2) is 30.3 Å². The van der Waals surface area contributed by atoms with E-state index in [9.17, 15) is 9.59 Å². The van der Waals surface area contributed by atoms with E-state index in [1.165, 1.54) is 0 Å². The quantitative estimate of drug-likeness (QED) is 0.714. The Labute approximate surface area is 142 Å². The fourth-order valence-electron chi connectivity index (χ4n) is 2.96. The Morgan fingerprint density at radius 1 is 1.33 bits per heavy atom. The van der Waals surface area contributed by atoms with E-state index in [2.05, 4.69) is 10.6 Å². The van der Waals surface area contributed by atoms with Gasteiger partial charge in [0.15, 0.2) is 0 Å². The highest BCUT2D eigenvalue weighted by molar-refractivity contribution is 5.74. The number of hydrogen-bond donors (Lipinski definition) is 3. The maximum Gasteiger partial charge on any atom is 0.315 e. The predicted molar refractivity (Wildman–Crippen MR) is 90.9 cm³/mol. The summed E-state index contributed by atoms with van der Waals surface area (Å²) < 4.78 is 5.48. The fraction of sp³-hybridized carbons (Fsp3) is 0.556. The molecule has 0 bridgehead atoms. The number of carboxylic acids is 1. The molecule has 1 heterocycles. The normalized spacial score (nSPS) is 21.7. The second kappa shape index (κ2) is 9.27. The zero-order valence-corrected chi connectivity index (χ0v) is 14.0. The van der Waals surface area contributed by atoms with Crippen LogP contribution in [0.4, 0.5) is 4.79 Å². The smallest absolute Gasteiger partial charge is 0.315 e. The summed E-state index contributed by atoms with van der Waals surface area (Å²) in [5, 5.41) is 14.8. The van der Waals surface area contributed by atoms with E-state index in [1.807, 2.05) is 37.3 Å². The van der Waals surface area contributed by atoms with Crippen LogP contribution in [0, 0.1) is 0 Å². The first-order valence-electron chi connectivity index (χ1n) is 8.47. The third kappa shape index (κ3) is 6.58. The van der Waals surface area contributed by atoms with E-state index in [0.29, 0.717) is 19.4 Å². The molecule has 3 atom stereocenters. The second-order valence-electron chi connectivity index (χ2n) is 6.34. The van der Waals surface area contributed by atoms with Gasteiger partial charge in [0.25, 0.3) is 0 Å². The number of carbonyl (C=O) groups excluding carboxylic acids is 1. The SMILES string of the molecule is CC1CC(NC(=O)NC(CCC(=O)O)Cc2ccccc2)CCO1. The molecule has 0 saturated carbocycles. The lowest BCUT2D eigenvalue weighted by Gasteiger charge is -2.29. The van der Waals surface area contributed by atoms with Crippen LogP contribution in [0.2, 0.25) is 0 Å². The van der Waals surface area contributed by atoms with Gasteiger partial charge in [-0.1, -0.05) is 30.3 Å². The molecule has 0 aromatic heterocycles. The standard InChI is InChI=1S/C18H26N2O4/c1-13-11-16(9-10-24-13)20-18(23)19-15(7-8-17(21)22)12-14-5-3-2-4-6-14/h2-6,13,15-16H,7-12H2,1H3,(H,21,22)(H2,19,20,23). The first-order valence-corrected chi connectivity index (χ1v) is 8.47. The van der Waals surface area contributed by atoms with Crippen LogP contribution in [0.1, 0.15) is 38.2 Å². The van der Waals surface area contributed by atoms with Gasteiger partial charge in [-0.25, -0.2) is 4.79 Å². The minimum absolute atomic E-state index is 0.0338. The van der Waals surface area contributed by atoms with E-state index in [0.717, 1.165) is 18.4 Å². The second-order valence-corrected chi connectivity index (χ2v) is 6.34. The fourth-order valence-corrected chi connectivity index (χ4v) is 2.96. The first-order chi connectivity index (χ1) is 11.5. The average molecular weight is 334 g/mol. The lowest BCUT2D eigenvalue weighted by molar-refractivity contribution is -0.137. The lowest BCUT2D eigenvalue weighted by atomic mass is 10.0. The van der Waals surface area contributed by atoms with Crippen molar-refractivity contribution < 1.29 is 19.4 Å². The zero-order chi connectivity index (χ0) is 17.4. The number of ether oxygens (including phenoxy) is 1. The van der Waals surface area contributed by atoms with Gasteiger partial charge in [-0.15, -0.1) is 0 Å². The average Bonchev–Trinajstić information content (AvgIpc) is 2.53. The molecular weight excluding hydrogens is 308 g/mol. The Balaban J connectivity index is 1.88. The summed E-state index contributed by atoms with van der Waals surface area (Å²) in [5.41, 5.74) is 1.08. The summed E-state index contributed by atoms with van der Waals surface area (Å²) in [5.74, 6) is -0.853. The van der Waals surface area contributed by atoms with Crippen molar-refractivity contribution in [3.05, 3.63) is 35.9 Å². The van der Waals surface area contributed by atoms with Gasteiger partial charge >= 0.3 is 12.0 Å². The molecular formula is C18H26N2O4. The molecule has 0 aliphatic carbocycles. The highest BCUT2D eigenvalue weighted by Crippen LogP contribution is 2.13. The van der Waals surface area contributed by atoms with Crippen molar-refractivity contribution >= 4 is 12.0 Å². The van der Waals surface area contributed by atoms with Crippen molar-refractivity contribution in [2.24, 2.45) is 0 Å². The molecule has 24 heavy (non-hydrogen) atoms. The van der Waals surface area contributed by atoms with Crippen molar-refractivity contribution in [3.8, 4) is 0 Å². The number of carboxylic acid groups (broad SMARTS) is 1. The summed E-state index contributed by atoms with van der Waals surface area (Å²) in [6, 6.07) is 9.43. The first kappa shape index (κ1) is 18.3. The van der Waals surface area contributed by atoms with Crippen molar-refractivity contribution in [3.63, 3.8) is 0 Å². The molecule has 0 spiro atoms. The van der Waals surface area contributed by atoms with Crippen LogP contribution in [0.25, 0.3) is 0 Å². The van der Waals surface area contributed by atoms with Crippen molar-refractivity contribution in [2.45, 2.75) is 57.2 Å². The molecule has 1 aromatic rings. The van der Waals surface area contributed by atoms with Crippen LogP contribution in [0.5, 0.6) is 0 Å². The van der Waals surface area contributed by atoms with Crippen molar-refractivity contribution in [1.82, 2.24) is 10.6 Å². The third-order valence-electron chi connectivity index (χ3n) is 4.19. The van der Waals surface area contributed by atoms with Gasteiger partial charge < -0.3 is 20.5 Å². The third-order valence-corrected chi connectivity index (χ3v) is 4.19. The lowest BCUT2D eigenvalue weighted by Crippen LogP contribution is -2.49. The molecule has 3 unspecified atom stereocenters. The summed E-state index contributed by atoms with van der Waals surface area (Å²) >= 11 is 0. The highest BCUT2D eigenvalue weighted by atomic mass is 16.5. The van der Waals surface area contributed by atoms with Gasteiger partial charge in [0.05, 0.1) is 6.10 Å². The van der Waals surface area contributed by atoms with Crippen LogP contribution in [-0.4, -0.2) is 41.9 Å². The van der Waals surface area contributed by atoms with Crippen LogP contribution in [-0.2, 0) is 16.0 Å². The van der Waals surface area contributed by atoms with Gasteiger partial charge in [-0.3, -0.25) is 4.79 Å². The Bertz CT molecular complexity index is 535. The van der Waals surface area contributed by atoms with Crippen molar-refractivity contribution in [1.29, 1.82) is 0 Å². The minimum atomic E-state index is -0.853. The van der Waals surface area contributed by atoms with E-state index in [4.69, 9.17) is 9.84 Å². The van der Waals surface area contributed by atoms with E-state index < -0.39 is 5.97 Å². The predicted octanol–water partition coefficient (Wildman–Crippen LogP) is 2.33. The molecule has 132 valence electrons. The molecule has 1 aliphatic rings. The Hall–Kier alpha value is -2.08. The largest absolute Gasteiger partial charge is 0.481 e. The van der Waals surface area contributed by atoms with E-state index in [-0.39, 0.29) is 30.6 Å². The molecule has 1 aromatic carbocycles. The molecule has 6 nitrogen and oxygen atoms in total. The number of nitrogens with one attached hydrogen (secondary N) is 2. The van der Waals surface area contributed by atoms with Gasteiger partial charge in [-0.2, -0.15) is 0 Å². The topological polar surface area (TPSA) is 87.7 Å². The number of carbonyl (C=O) groups is 2. The van der Waals surface area contributed by atoms with Crippen molar-refractivity contribution in [2.75, 3.05) is 6.61 Å². The Morgan fingerprint density at radius 2 is 2.08 bits per heavy atom. The molecule has 1 fully saturated rings. The molecule has 2 rings (SSSR count). The number of rotatable bonds is 7. The van der Waals surface area contributed by atoms with Gasteiger partial charge in [0.2, 0.25) is 0 Å². The zero-order valence-electron chi connectivity index (χ0n) is 14.0. The summed E-state index contributed by atoms with van der Waals surface area (Å²) in [4.78, 5) is 23.1.